The van der Waals surface area contributed by atoms with Gasteiger partial charge in [0.15, 0.2) is 0 Å². The first-order valence-corrected chi connectivity index (χ1v) is 6.33. The second-order valence-electron chi connectivity index (χ2n) is 4.92. The van der Waals surface area contributed by atoms with Crippen LogP contribution in [-0.2, 0) is 0 Å². The van der Waals surface area contributed by atoms with Crippen molar-refractivity contribution in [1.82, 2.24) is 10.2 Å². The number of carbonyl (C=O) groups is 1. The second kappa shape index (κ2) is 6.99. The molecule has 0 aromatic heterocycles. The van der Waals surface area contributed by atoms with E-state index in [-0.39, 0.29) is 11.9 Å². The average molecular weight is 265 g/mol. The number of benzene rings is 1. The van der Waals surface area contributed by atoms with Crippen molar-refractivity contribution < 1.29 is 9.53 Å². The van der Waals surface area contributed by atoms with Crippen molar-refractivity contribution >= 4 is 11.6 Å². The van der Waals surface area contributed by atoms with Gasteiger partial charge >= 0.3 is 0 Å². The molecule has 106 valence electrons. The summed E-state index contributed by atoms with van der Waals surface area (Å²) in [4.78, 5) is 14.2. The second-order valence-corrected chi connectivity index (χ2v) is 4.92. The molecule has 0 heterocycles. The number of nitrogens with one attached hydrogen (secondary N) is 1. The largest absolute Gasteiger partial charge is 0.495 e. The Hall–Kier alpha value is -1.75. The molecule has 0 aliphatic heterocycles. The van der Waals surface area contributed by atoms with E-state index >= 15 is 0 Å². The summed E-state index contributed by atoms with van der Waals surface area (Å²) in [6, 6.07) is 5.16. The van der Waals surface area contributed by atoms with Crippen molar-refractivity contribution in [2.75, 3.05) is 33.5 Å². The number of nitrogens with zero attached hydrogens (tertiary/aromatic N) is 1. The van der Waals surface area contributed by atoms with Crippen LogP contribution in [0.25, 0.3) is 0 Å². The van der Waals surface area contributed by atoms with Gasteiger partial charge in [-0.25, -0.2) is 0 Å². The molecule has 3 N–H and O–H groups in total. The summed E-state index contributed by atoms with van der Waals surface area (Å²) in [5.41, 5.74) is 6.81. The smallest absolute Gasteiger partial charge is 0.251 e. The molecule has 19 heavy (non-hydrogen) atoms. The van der Waals surface area contributed by atoms with Crippen LogP contribution in [0, 0.1) is 0 Å². The Morgan fingerprint density at radius 1 is 1.47 bits per heavy atom. The third-order valence-electron chi connectivity index (χ3n) is 2.88. The molecule has 5 nitrogen and oxygen atoms in total. The number of ether oxygens (including phenoxy) is 1. The van der Waals surface area contributed by atoms with Crippen LogP contribution in [0.1, 0.15) is 23.7 Å². The molecule has 1 rings (SSSR count). The fourth-order valence-electron chi connectivity index (χ4n) is 1.68. The maximum absolute atomic E-state index is 12.1. The van der Waals surface area contributed by atoms with Crippen LogP contribution in [0.5, 0.6) is 5.75 Å². The Morgan fingerprint density at radius 2 is 2.16 bits per heavy atom. The number of rotatable bonds is 6. The molecule has 1 aromatic carbocycles. The van der Waals surface area contributed by atoms with Crippen LogP contribution in [0.15, 0.2) is 18.2 Å². The number of nitrogens with two attached hydrogens (primary N) is 1. The van der Waals surface area contributed by atoms with Gasteiger partial charge in [-0.2, -0.15) is 0 Å². The standard InChI is InChI=1S/C14H23N3O2/c1-10(7-8-17(2)3)16-14(18)11-5-6-12(15)13(9-11)19-4/h5-6,9-10H,7-8,15H2,1-4H3,(H,16,18). The van der Waals surface area contributed by atoms with Crippen molar-refractivity contribution in [3.8, 4) is 5.75 Å². The number of amides is 1. The van der Waals surface area contributed by atoms with Crippen LogP contribution in [0.2, 0.25) is 0 Å². The van der Waals surface area contributed by atoms with E-state index in [1.807, 2.05) is 21.0 Å². The summed E-state index contributed by atoms with van der Waals surface area (Å²) in [7, 11) is 5.56. The van der Waals surface area contributed by atoms with Gasteiger partial charge in [-0.3, -0.25) is 4.79 Å². The summed E-state index contributed by atoms with van der Waals surface area (Å²) in [5.74, 6) is 0.415. The van der Waals surface area contributed by atoms with Crippen molar-refractivity contribution in [3.63, 3.8) is 0 Å². The van der Waals surface area contributed by atoms with Gasteiger partial charge in [-0.1, -0.05) is 0 Å². The highest BCUT2D eigenvalue weighted by Crippen LogP contribution is 2.22. The molecule has 0 aliphatic rings. The molecular weight excluding hydrogens is 242 g/mol. The lowest BCUT2D eigenvalue weighted by Crippen LogP contribution is -2.34. The molecule has 5 heteroatoms. The molecule has 1 atom stereocenters. The Kier molecular flexibility index (Phi) is 5.63. The van der Waals surface area contributed by atoms with E-state index in [2.05, 4.69) is 10.2 Å². The Balaban J connectivity index is 2.62. The van der Waals surface area contributed by atoms with Crippen LogP contribution >= 0.6 is 0 Å². The monoisotopic (exact) mass is 265 g/mol. The zero-order chi connectivity index (χ0) is 14.4. The van der Waals surface area contributed by atoms with Gasteiger partial charge in [-0.05, 0) is 52.2 Å². The molecule has 0 radical (unpaired) electrons. The van der Waals surface area contributed by atoms with Crippen molar-refractivity contribution in [1.29, 1.82) is 0 Å². The normalized spacial score (nSPS) is 12.3. The molecule has 1 unspecified atom stereocenters. The fourth-order valence-corrected chi connectivity index (χ4v) is 1.68. The molecular formula is C14H23N3O2. The SMILES string of the molecule is COc1cc(C(=O)NC(C)CCN(C)C)ccc1N. The predicted octanol–water partition coefficient (Wildman–Crippen LogP) is 1.35. The van der Waals surface area contributed by atoms with Crippen LogP contribution in [0.4, 0.5) is 5.69 Å². The fraction of sp³-hybridized carbons (Fsp3) is 0.500. The van der Waals surface area contributed by atoms with E-state index in [4.69, 9.17) is 10.5 Å². The van der Waals surface area contributed by atoms with Gasteiger partial charge in [0.25, 0.3) is 5.91 Å². The first kappa shape index (κ1) is 15.3. The first-order valence-electron chi connectivity index (χ1n) is 6.33. The zero-order valence-electron chi connectivity index (χ0n) is 12.1. The molecule has 0 saturated heterocycles. The van der Waals surface area contributed by atoms with Gasteiger partial charge in [0.2, 0.25) is 0 Å². The predicted molar refractivity (Wildman–Crippen MR) is 77.5 cm³/mol. The Morgan fingerprint density at radius 3 is 2.74 bits per heavy atom. The number of anilines is 1. The minimum Gasteiger partial charge on any atom is -0.495 e. The first-order chi connectivity index (χ1) is 8.93. The topological polar surface area (TPSA) is 67.6 Å². The number of carbonyl (C=O) groups excluding carboxylic acids is 1. The zero-order valence-corrected chi connectivity index (χ0v) is 12.1. The molecule has 0 bridgehead atoms. The number of nitrogen functional groups attached to an aromatic ring is 1. The van der Waals surface area contributed by atoms with Gasteiger partial charge in [-0.15, -0.1) is 0 Å². The van der Waals surface area contributed by atoms with Gasteiger partial charge in [0, 0.05) is 11.6 Å². The Bertz CT molecular complexity index is 433. The van der Waals surface area contributed by atoms with Gasteiger partial charge < -0.3 is 20.7 Å². The minimum absolute atomic E-state index is 0.107. The quantitative estimate of drug-likeness (QED) is 0.762. The lowest BCUT2D eigenvalue weighted by Gasteiger charge is -2.17. The lowest BCUT2D eigenvalue weighted by molar-refractivity contribution is 0.0936. The van der Waals surface area contributed by atoms with Crippen molar-refractivity contribution in [2.24, 2.45) is 0 Å². The van der Waals surface area contributed by atoms with E-state index in [1.54, 1.807) is 18.2 Å². The van der Waals surface area contributed by atoms with Gasteiger partial charge in [0.1, 0.15) is 5.75 Å². The van der Waals surface area contributed by atoms with Crippen LogP contribution in [-0.4, -0.2) is 44.6 Å². The van der Waals surface area contributed by atoms with E-state index in [0.717, 1.165) is 13.0 Å². The van der Waals surface area contributed by atoms with Crippen LogP contribution in [0.3, 0.4) is 0 Å². The number of hydrogen-bond donors (Lipinski definition) is 2. The highest BCUT2D eigenvalue weighted by molar-refractivity contribution is 5.95. The van der Waals surface area contributed by atoms with Crippen molar-refractivity contribution in [3.05, 3.63) is 23.8 Å². The summed E-state index contributed by atoms with van der Waals surface area (Å²) >= 11 is 0. The summed E-state index contributed by atoms with van der Waals surface area (Å²) in [6.45, 7) is 2.93. The van der Waals surface area contributed by atoms with E-state index < -0.39 is 0 Å². The third-order valence-corrected chi connectivity index (χ3v) is 2.88. The Labute approximate surface area is 114 Å². The third kappa shape index (κ3) is 4.79. The number of methoxy groups -OCH3 is 1. The van der Waals surface area contributed by atoms with Crippen molar-refractivity contribution in [2.45, 2.75) is 19.4 Å². The van der Waals surface area contributed by atoms with E-state index in [1.165, 1.54) is 7.11 Å². The molecule has 0 fully saturated rings. The molecule has 1 amide bonds. The maximum Gasteiger partial charge on any atom is 0.251 e. The highest BCUT2D eigenvalue weighted by Gasteiger charge is 2.11. The summed E-state index contributed by atoms with van der Waals surface area (Å²) < 4.78 is 5.11. The van der Waals surface area contributed by atoms with Gasteiger partial charge in [0.05, 0.1) is 12.8 Å². The molecule has 0 saturated carbocycles. The average Bonchev–Trinajstić information content (AvgIpc) is 2.36. The summed E-state index contributed by atoms with van der Waals surface area (Å²) in [6.07, 6.45) is 0.908. The molecule has 0 spiro atoms. The minimum atomic E-state index is -0.107. The number of hydrogen-bond acceptors (Lipinski definition) is 4. The lowest BCUT2D eigenvalue weighted by atomic mass is 10.1. The van der Waals surface area contributed by atoms with Crippen LogP contribution < -0.4 is 15.8 Å². The maximum atomic E-state index is 12.1. The van der Waals surface area contributed by atoms with E-state index in [0.29, 0.717) is 17.0 Å². The molecule has 1 aromatic rings. The summed E-state index contributed by atoms with van der Waals surface area (Å²) in [5, 5.41) is 2.96. The van der Waals surface area contributed by atoms with E-state index in [9.17, 15) is 4.79 Å². The molecule has 0 aliphatic carbocycles. The highest BCUT2D eigenvalue weighted by atomic mass is 16.5.